The molecular weight excluding hydrogens is 378 g/mol. The van der Waals surface area contributed by atoms with E-state index >= 15 is 0 Å². The van der Waals surface area contributed by atoms with Crippen LogP contribution in [0.4, 0.5) is 11.4 Å². The van der Waals surface area contributed by atoms with Gasteiger partial charge in [0.2, 0.25) is 5.91 Å². The number of anilines is 2. The van der Waals surface area contributed by atoms with E-state index in [1.165, 1.54) is 31.7 Å². The highest BCUT2D eigenvalue weighted by atomic mass is 16.3. The fourth-order valence-corrected chi connectivity index (χ4v) is 4.43. The number of nitrogens with zero attached hydrogens (tertiary/aromatic N) is 2. The first-order valence-electron chi connectivity index (χ1n) is 10.9. The quantitative estimate of drug-likeness (QED) is 0.803. The predicted molar refractivity (Wildman–Crippen MR) is 118 cm³/mol. The number of aromatic hydroxyl groups is 1. The largest absolute Gasteiger partial charge is 0.507 e. The Morgan fingerprint density at radius 1 is 0.900 bits per heavy atom. The molecule has 2 amide bonds. The number of phenolic OH excluding ortho intramolecular Hbond substituents is 1. The normalized spacial score (nSPS) is 19.4. The van der Waals surface area contributed by atoms with Crippen molar-refractivity contribution in [2.45, 2.75) is 44.6 Å². The van der Waals surface area contributed by atoms with E-state index in [0.29, 0.717) is 13.0 Å². The first-order valence-corrected chi connectivity index (χ1v) is 10.9. The summed E-state index contributed by atoms with van der Waals surface area (Å²) in [6, 6.07) is 13.9. The summed E-state index contributed by atoms with van der Waals surface area (Å²) in [5.41, 5.74) is 2.12. The van der Waals surface area contributed by atoms with E-state index in [9.17, 15) is 14.7 Å². The molecule has 0 unspecified atom stereocenters. The van der Waals surface area contributed by atoms with Crippen molar-refractivity contribution in [3.05, 3.63) is 54.1 Å². The van der Waals surface area contributed by atoms with Gasteiger partial charge in [0.15, 0.2) is 0 Å². The van der Waals surface area contributed by atoms with E-state index in [0.717, 1.165) is 30.9 Å². The molecule has 2 heterocycles. The molecule has 1 atom stereocenters. The molecule has 2 aliphatic rings. The van der Waals surface area contributed by atoms with Crippen LogP contribution in [0.15, 0.2) is 48.5 Å². The average molecular weight is 408 g/mol. The van der Waals surface area contributed by atoms with Crippen molar-refractivity contribution in [1.29, 1.82) is 0 Å². The van der Waals surface area contributed by atoms with Crippen LogP contribution in [0.1, 0.15) is 48.9 Å². The molecule has 2 N–H and O–H groups in total. The number of likely N-dealkylation sites (tertiary alicyclic amines) is 1. The van der Waals surface area contributed by atoms with Gasteiger partial charge in [-0.3, -0.25) is 9.59 Å². The molecule has 6 nitrogen and oxygen atoms in total. The summed E-state index contributed by atoms with van der Waals surface area (Å²) in [5.74, 6) is -0.535. The molecule has 6 heteroatoms. The molecular formula is C24H29N3O3. The van der Waals surface area contributed by atoms with Crippen LogP contribution in [0, 0.1) is 0 Å². The van der Waals surface area contributed by atoms with Crippen molar-refractivity contribution in [2.24, 2.45) is 0 Å². The maximum absolute atomic E-state index is 13.0. The molecule has 0 aliphatic carbocycles. The summed E-state index contributed by atoms with van der Waals surface area (Å²) < 4.78 is 0. The second-order valence-electron chi connectivity index (χ2n) is 8.11. The molecule has 0 bridgehead atoms. The molecule has 0 aromatic heterocycles. The monoisotopic (exact) mass is 407 g/mol. The summed E-state index contributed by atoms with van der Waals surface area (Å²) >= 11 is 0. The number of rotatable bonds is 4. The number of amides is 2. The van der Waals surface area contributed by atoms with Gasteiger partial charge in [-0.1, -0.05) is 31.0 Å². The van der Waals surface area contributed by atoms with Gasteiger partial charge in [-0.15, -0.1) is 0 Å². The van der Waals surface area contributed by atoms with Gasteiger partial charge in [-0.05, 0) is 56.0 Å². The minimum absolute atomic E-state index is 0.0568. The van der Waals surface area contributed by atoms with Gasteiger partial charge in [-0.25, -0.2) is 0 Å². The number of nitrogens with one attached hydrogen (secondary N) is 1. The van der Waals surface area contributed by atoms with Crippen LogP contribution < -0.4 is 10.2 Å². The SMILES string of the molecule is O=C(Nc1cccc(N2CCCCCC2)c1)[C@H]1CCCN1C(=O)c1ccccc1O. The number of phenols is 1. The fourth-order valence-electron chi connectivity index (χ4n) is 4.43. The third-order valence-electron chi connectivity index (χ3n) is 6.04. The minimum atomic E-state index is -0.529. The highest BCUT2D eigenvalue weighted by Crippen LogP contribution is 2.27. The van der Waals surface area contributed by atoms with Crippen LogP contribution in [-0.4, -0.2) is 47.5 Å². The average Bonchev–Trinajstić information content (AvgIpc) is 3.09. The Bertz CT molecular complexity index is 906. The Morgan fingerprint density at radius 3 is 2.43 bits per heavy atom. The highest BCUT2D eigenvalue weighted by Gasteiger charge is 2.35. The molecule has 2 aromatic carbocycles. The maximum Gasteiger partial charge on any atom is 0.258 e. The lowest BCUT2D eigenvalue weighted by molar-refractivity contribution is -0.119. The fraction of sp³-hybridized carbons (Fsp3) is 0.417. The Morgan fingerprint density at radius 2 is 1.67 bits per heavy atom. The summed E-state index contributed by atoms with van der Waals surface area (Å²) in [5, 5.41) is 13.0. The van der Waals surface area contributed by atoms with Crippen LogP contribution in [0.3, 0.4) is 0 Å². The van der Waals surface area contributed by atoms with Crippen LogP contribution in [-0.2, 0) is 4.79 Å². The van der Waals surface area contributed by atoms with Crippen molar-refractivity contribution in [2.75, 3.05) is 29.9 Å². The molecule has 2 aromatic rings. The second-order valence-corrected chi connectivity index (χ2v) is 8.11. The van der Waals surface area contributed by atoms with E-state index in [-0.39, 0.29) is 23.1 Å². The van der Waals surface area contributed by atoms with Crippen molar-refractivity contribution in [3.63, 3.8) is 0 Å². The zero-order chi connectivity index (χ0) is 20.9. The van der Waals surface area contributed by atoms with E-state index in [4.69, 9.17) is 0 Å². The smallest absolute Gasteiger partial charge is 0.258 e. The number of hydrogen-bond acceptors (Lipinski definition) is 4. The minimum Gasteiger partial charge on any atom is -0.507 e. The molecule has 30 heavy (non-hydrogen) atoms. The molecule has 158 valence electrons. The lowest BCUT2D eigenvalue weighted by Gasteiger charge is -2.25. The Hall–Kier alpha value is -3.02. The Kier molecular flexibility index (Phi) is 6.21. The van der Waals surface area contributed by atoms with Crippen LogP contribution in [0.5, 0.6) is 5.75 Å². The van der Waals surface area contributed by atoms with Gasteiger partial charge in [0, 0.05) is 31.0 Å². The van der Waals surface area contributed by atoms with Crippen LogP contribution >= 0.6 is 0 Å². The first-order chi connectivity index (χ1) is 14.6. The topological polar surface area (TPSA) is 72.9 Å². The molecule has 4 rings (SSSR count). The van der Waals surface area contributed by atoms with E-state index in [2.05, 4.69) is 16.3 Å². The third kappa shape index (κ3) is 4.42. The molecule has 2 saturated heterocycles. The molecule has 2 fully saturated rings. The Balaban J connectivity index is 1.46. The van der Waals surface area contributed by atoms with Crippen molar-refractivity contribution in [3.8, 4) is 5.75 Å². The summed E-state index contributed by atoms with van der Waals surface area (Å²) in [6.45, 7) is 2.60. The molecule has 0 spiro atoms. The highest BCUT2D eigenvalue weighted by molar-refractivity contribution is 6.02. The van der Waals surface area contributed by atoms with Crippen molar-refractivity contribution >= 4 is 23.2 Å². The zero-order valence-corrected chi connectivity index (χ0v) is 17.2. The van der Waals surface area contributed by atoms with E-state index in [1.54, 1.807) is 23.1 Å². The molecule has 0 radical (unpaired) electrons. The van der Waals surface area contributed by atoms with Crippen LogP contribution in [0.2, 0.25) is 0 Å². The number of carbonyl (C=O) groups is 2. The summed E-state index contributed by atoms with van der Waals surface area (Å²) in [6.07, 6.45) is 6.33. The van der Waals surface area contributed by atoms with Gasteiger partial charge < -0.3 is 20.2 Å². The van der Waals surface area contributed by atoms with Gasteiger partial charge in [-0.2, -0.15) is 0 Å². The van der Waals surface area contributed by atoms with Gasteiger partial charge >= 0.3 is 0 Å². The predicted octanol–water partition coefficient (Wildman–Crippen LogP) is 4.02. The maximum atomic E-state index is 13.0. The lowest BCUT2D eigenvalue weighted by Crippen LogP contribution is -2.43. The number of hydrogen-bond donors (Lipinski definition) is 2. The van der Waals surface area contributed by atoms with Crippen LogP contribution in [0.25, 0.3) is 0 Å². The zero-order valence-electron chi connectivity index (χ0n) is 17.2. The standard InChI is InChI=1S/C24H29N3O3/c28-22-13-4-3-11-20(22)24(30)27-16-8-12-21(27)23(29)25-18-9-7-10-19(17-18)26-14-5-1-2-6-15-26/h3-4,7,9-11,13,17,21,28H,1-2,5-6,8,12,14-16H2,(H,25,29)/t21-/m1/s1. The summed E-state index contributed by atoms with van der Waals surface area (Å²) in [4.78, 5) is 29.9. The van der Waals surface area contributed by atoms with Gasteiger partial charge in [0.1, 0.15) is 11.8 Å². The van der Waals surface area contributed by atoms with E-state index in [1.807, 2.05) is 18.2 Å². The lowest BCUT2D eigenvalue weighted by atomic mass is 10.1. The molecule has 0 saturated carbocycles. The van der Waals surface area contributed by atoms with Crippen molar-refractivity contribution < 1.29 is 14.7 Å². The number of carbonyl (C=O) groups excluding carboxylic acids is 2. The second kappa shape index (κ2) is 9.20. The van der Waals surface area contributed by atoms with Crippen molar-refractivity contribution in [1.82, 2.24) is 4.90 Å². The molecule has 2 aliphatic heterocycles. The first kappa shape index (κ1) is 20.3. The number of para-hydroxylation sites is 1. The van der Waals surface area contributed by atoms with Gasteiger partial charge in [0.05, 0.1) is 5.56 Å². The Labute approximate surface area is 177 Å². The third-order valence-corrected chi connectivity index (χ3v) is 6.04. The van der Waals surface area contributed by atoms with Gasteiger partial charge in [0.25, 0.3) is 5.91 Å². The number of benzene rings is 2. The van der Waals surface area contributed by atoms with E-state index < -0.39 is 6.04 Å². The summed E-state index contributed by atoms with van der Waals surface area (Å²) in [7, 11) is 0.